The fraction of sp³-hybridized carbons (Fsp3) is 0.515. The standard InChI is InChI=1S/C33H39FN6O8S/c1-32(2,3)48-31(42)38-13-10-33(11-14-38)16-21(19-46-33)40-20-36-27-7-5-22(15-24(27)30(40)41)47-29-25(17-35)28(8-6-26(29)34)37-49(43,44)39-12-9-23(18-39)45-4/h5-8,15,20-21,23,37H,9-14,16,18-19H2,1-4H3/t21-,23+/m1/s1. The molecule has 0 aliphatic carbocycles. The molecule has 262 valence electrons. The van der Waals surface area contributed by atoms with Crippen LogP contribution in [0.25, 0.3) is 10.9 Å². The number of nitriles is 1. The number of anilines is 1. The summed E-state index contributed by atoms with van der Waals surface area (Å²) in [7, 11) is -2.57. The van der Waals surface area contributed by atoms with Gasteiger partial charge in [0.15, 0.2) is 11.6 Å². The van der Waals surface area contributed by atoms with Crippen molar-refractivity contribution in [1.29, 1.82) is 5.26 Å². The summed E-state index contributed by atoms with van der Waals surface area (Å²) >= 11 is 0. The highest BCUT2D eigenvalue weighted by molar-refractivity contribution is 7.90. The largest absolute Gasteiger partial charge is 0.453 e. The van der Waals surface area contributed by atoms with E-state index in [9.17, 15) is 23.3 Å². The summed E-state index contributed by atoms with van der Waals surface area (Å²) in [6, 6.07) is 8.14. The molecule has 4 heterocycles. The van der Waals surface area contributed by atoms with E-state index in [-0.39, 0.29) is 59.3 Å². The molecule has 1 amide bonds. The van der Waals surface area contributed by atoms with Crippen molar-refractivity contribution in [2.45, 2.75) is 69.8 Å². The van der Waals surface area contributed by atoms with Gasteiger partial charge in [0.2, 0.25) is 0 Å². The summed E-state index contributed by atoms with van der Waals surface area (Å²) in [5.41, 5.74) is -1.56. The average Bonchev–Trinajstić information content (AvgIpc) is 3.71. The Bertz CT molecular complexity index is 1970. The number of hydrogen-bond acceptors (Lipinski definition) is 10. The maximum atomic E-state index is 15.1. The van der Waals surface area contributed by atoms with Gasteiger partial charge in [0.05, 0.1) is 47.3 Å². The van der Waals surface area contributed by atoms with E-state index in [2.05, 4.69) is 9.71 Å². The number of nitrogens with zero attached hydrogens (tertiary/aromatic N) is 5. The van der Waals surface area contributed by atoms with Gasteiger partial charge in [-0.1, -0.05) is 0 Å². The maximum absolute atomic E-state index is 15.1. The van der Waals surface area contributed by atoms with Crippen LogP contribution in [0.3, 0.4) is 0 Å². The lowest BCUT2D eigenvalue weighted by molar-refractivity contribution is -0.0486. The number of ether oxygens (including phenoxy) is 4. The van der Waals surface area contributed by atoms with E-state index in [1.807, 2.05) is 26.8 Å². The fourth-order valence-corrected chi connectivity index (χ4v) is 7.78. The van der Waals surface area contributed by atoms with Gasteiger partial charge < -0.3 is 23.8 Å². The molecule has 0 unspecified atom stereocenters. The Morgan fingerprint density at radius 3 is 2.61 bits per heavy atom. The highest BCUT2D eigenvalue weighted by Crippen LogP contribution is 2.41. The highest BCUT2D eigenvalue weighted by atomic mass is 32.2. The van der Waals surface area contributed by atoms with E-state index in [1.54, 1.807) is 11.0 Å². The lowest BCUT2D eigenvalue weighted by Gasteiger charge is -2.39. The zero-order valence-corrected chi connectivity index (χ0v) is 28.6. The molecular formula is C33H39FN6O8S. The van der Waals surface area contributed by atoms with Crippen LogP contribution in [-0.2, 0) is 24.4 Å². The van der Waals surface area contributed by atoms with Crippen LogP contribution >= 0.6 is 0 Å². The van der Waals surface area contributed by atoms with Gasteiger partial charge >= 0.3 is 16.3 Å². The Morgan fingerprint density at radius 2 is 1.94 bits per heavy atom. The van der Waals surface area contributed by atoms with Crippen LogP contribution in [0.5, 0.6) is 11.5 Å². The molecule has 3 aliphatic heterocycles. The predicted octanol–water partition coefficient (Wildman–Crippen LogP) is 4.31. The number of nitrogens with one attached hydrogen (secondary N) is 1. The summed E-state index contributed by atoms with van der Waals surface area (Å²) in [6.07, 6.45) is 3.14. The molecule has 1 N–H and O–H groups in total. The number of fused-ring (bicyclic) bond motifs is 1. The summed E-state index contributed by atoms with van der Waals surface area (Å²) < 4.78 is 69.1. The number of aromatic nitrogens is 2. The van der Waals surface area contributed by atoms with Gasteiger partial charge in [-0.15, -0.1) is 0 Å². The van der Waals surface area contributed by atoms with Crippen LogP contribution in [0.2, 0.25) is 0 Å². The molecule has 0 radical (unpaired) electrons. The SMILES string of the molecule is CO[C@H]1CCN(S(=O)(=O)Nc2ccc(F)c(Oc3ccc4ncn([C@H]5COC6(CCN(C(=O)OC(C)(C)C)CC6)C5)c(=O)c4c3)c2C#N)C1. The van der Waals surface area contributed by atoms with Crippen LogP contribution < -0.4 is 15.0 Å². The number of rotatable bonds is 7. The van der Waals surface area contributed by atoms with E-state index >= 15 is 4.39 Å². The minimum atomic E-state index is -4.07. The van der Waals surface area contributed by atoms with E-state index in [0.717, 1.165) is 12.1 Å². The van der Waals surface area contributed by atoms with Crippen molar-refractivity contribution in [1.82, 2.24) is 18.8 Å². The summed E-state index contributed by atoms with van der Waals surface area (Å²) in [4.78, 5) is 32.4. The number of hydrogen-bond donors (Lipinski definition) is 1. The second-order valence-corrected chi connectivity index (χ2v) is 15.3. The Kier molecular flexibility index (Phi) is 9.31. The zero-order chi connectivity index (χ0) is 35.1. The second-order valence-electron chi connectivity index (χ2n) is 13.6. The molecule has 49 heavy (non-hydrogen) atoms. The molecule has 3 fully saturated rings. The van der Waals surface area contributed by atoms with Gasteiger partial charge in [-0.3, -0.25) is 14.1 Å². The fourth-order valence-electron chi connectivity index (χ4n) is 6.49. The number of amides is 1. The molecule has 0 saturated carbocycles. The third-order valence-corrected chi connectivity index (χ3v) is 10.6. The highest BCUT2D eigenvalue weighted by Gasteiger charge is 2.45. The quantitative estimate of drug-likeness (QED) is 0.376. The molecule has 3 aliphatic rings. The summed E-state index contributed by atoms with van der Waals surface area (Å²) in [5, 5.41) is 10.1. The normalized spacial score (nSPS) is 21.2. The number of benzene rings is 2. The predicted molar refractivity (Wildman–Crippen MR) is 176 cm³/mol. The lowest BCUT2D eigenvalue weighted by atomic mass is 9.87. The third kappa shape index (κ3) is 7.20. The number of carbonyl (C=O) groups excluding carboxylic acids is 1. The first-order valence-corrected chi connectivity index (χ1v) is 17.5. The molecule has 16 heteroatoms. The summed E-state index contributed by atoms with van der Waals surface area (Å²) in [5.74, 6) is -1.34. The molecular weight excluding hydrogens is 659 g/mol. The second kappa shape index (κ2) is 13.2. The van der Waals surface area contributed by atoms with Crippen molar-refractivity contribution >= 4 is 32.9 Å². The Hall–Kier alpha value is -4.30. The minimum absolute atomic E-state index is 0.0516. The Balaban J connectivity index is 1.20. The summed E-state index contributed by atoms with van der Waals surface area (Å²) in [6.45, 7) is 7.08. The van der Waals surface area contributed by atoms with Gasteiger partial charge in [-0.05, 0) is 76.8 Å². The first-order valence-electron chi connectivity index (χ1n) is 16.0. The first kappa shape index (κ1) is 34.6. The van der Waals surface area contributed by atoms with Gasteiger partial charge in [0.1, 0.15) is 23.0 Å². The number of likely N-dealkylation sites (tertiary alicyclic amines) is 1. The number of halogens is 1. The average molecular weight is 699 g/mol. The van der Waals surface area contributed by atoms with Crippen molar-refractivity contribution in [3.8, 4) is 17.6 Å². The first-order chi connectivity index (χ1) is 23.2. The molecule has 14 nitrogen and oxygen atoms in total. The van der Waals surface area contributed by atoms with Crippen molar-refractivity contribution < 1.29 is 36.6 Å². The van der Waals surface area contributed by atoms with E-state index < -0.39 is 33.0 Å². The maximum Gasteiger partial charge on any atom is 0.410 e. The topological polar surface area (TPSA) is 165 Å². The van der Waals surface area contributed by atoms with Gasteiger partial charge in [-0.2, -0.15) is 18.0 Å². The van der Waals surface area contributed by atoms with E-state index in [0.29, 0.717) is 50.9 Å². The zero-order valence-electron chi connectivity index (χ0n) is 27.8. The molecule has 1 spiro atoms. The number of carbonyl (C=O) groups is 1. The molecule has 6 rings (SSSR count). The van der Waals surface area contributed by atoms with Crippen LogP contribution in [-0.4, -0.2) is 90.5 Å². The minimum Gasteiger partial charge on any atom is -0.453 e. The van der Waals surface area contributed by atoms with Crippen LogP contribution in [0.4, 0.5) is 14.9 Å². The van der Waals surface area contributed by atoms with E-state index in [1.165, 1.54) is 34.4 Å². The molecule has 2 aromatic carbocycles. The number of piperidine rings is 1. The smallest absolute Gasteiger partial charge is 0.410 e. The van der Waals surface area contributed by atoms with Crippen molar-refractivity contribution in [3.05, 3.63) is 58.4 Å². The van der Waals surface area contributed by atoms with Gasteiger partial charge in [0, 0.05) is 33.3 Å². The molecule has 3 aromatic rings. The van der Waals surface area contributed by atoms with Crippen LogP contribution in [0, 0.1) is 17.1 Å². The Morgan fingerprint density at radius 1 is 1.18 bits per heavy atom. The lowest BCUT2D eigenvalue weighted by Crippen LogP contribution is -2.48. The van der Waals surface area contributed by atoms with Gasteiger partial charge in [0.25, 0.3) is 5.56 Å². The monoisotopic (exact) mass is 698 g/mol. The molecule has 1 aromatic heterocycles. The van der Waals surface area contributed by atoms with Crippen molar-refractivity contribution in [3.63, 3.8) is 0 Å². The van der Waals surface area contributed by atoms with E-state index in [4.69, 9.17) is 18.9 Å². The van der Waals surface area contributed by atoms with Crippen molar-refractivity contribution in [2.24, 2.45) is 0 Å². The van der Waals surface area contributed by atoms with Crippen LogP contribution in [0.1, 0.15) is 58.1 Å². The molecule has 2 atom stereocenters. The Labute approximate surface area is 283 Å². The molecule has 0 bridgehead atoms. The van der Waals surface area contributed by atoms with Crippen molar-refractivity contribution in [2.75, 3.05) is 44.6 Å². The van der Waals surface area contributed by atoms with Gasteiger partial charge in [-0.25, -0.2) is 14.2 Å². The molecule has 3 saturated heterocycles. The third-order valence-electron chi connectivity index (χ3n) is 9.12. The number of methoxy groups -OCH3 is 1. The van der Waals surface area contributed by atoms with Crippen LogP contribution in [0.15, 0.2) is 41.5 Å².